The Balaban J connectivity index is 1.47. The summed E-state index contributed by atoms with van der Waals surface area (Å²) >= 11 is 0.0451. The number of anilines is 1. The minimum atomic E-state index is 0.0451. The molecule has 4 rings (SSSR count). The summed E-state index contributed by atoms with van der Waals surface area (Å²) in [4.78, 5) is 0. The van der Waals surface area contributed by atoms with E-state index in [4.69, 9.17) is 0 Å². The van der Waals surface area contributed by atoms with Crippen molar-refractivity contribution < 1.29 is 0 Å². The Morgan fingerprint density at radius 3 is 2.76 bits per heavy atom. The Hall–Kier alpha value is -1.64. The summed E-state index contributed by atoms with van der Waals surface area (Å²) in [5.74, 6) is 0.700. The minimum absolute atomic E-state index is 0.0451. The molecular formula is C17H17N3Se. The standard InChI is InChI=1S/C17H17N3Se/c1-11-5-2-3-6-14(11)12-9-13(10-12)18-15-7-4-8-16-17(15)20-21-19-16/h2-8,12-13,18H,9-10H2,1H3. The Morgan fingerprint density at radius 2 is 1.90 bits per heavy atom. The fourth-order valence-electron chi connectivity index (χ4n) is 3.18. The van der Waals surface area contributed by atoms with Gasteiger partial charge in [0.1, 0.15) is 0 Å². The van der Waals surface area contributed by atoms with Crippen LogP contribution < -0.4 is 5.32 Å². The predicted octanol–water partition coefficient (Wildman–Crippen LogP) is 3.35. The number of benzene rings is 2. The van der Waals surface area contributed by atoms with E-state index in [1.165, 1.54) is 24.0 Å². The van der Waals surface area contributed by atoms with Gasteiger partial charge < -0.3 is 0 Å². The fraction of sp³-hybridized carbons (Fsp3) is 0.294. The molecule has 3 nitrogen and oxygen atoms in total. The zero-order chi connectivity index (χ0) is 14.2. The average molecular weight is 342 g/mol. The molecule has 0 atom stereocenters. The SMILES string of the molecule is Cc1ccccc1C1CC(Nc2cccc3n[se]nc23)C1. The molecule has 1 N–H and O–H groups in total. The first-order chi connectivity index (χ1) is 10.3. The van der Waals surface area contributed by atoms with E-state index in [9.17, 15) is 0 Å². The second-order valence-electron chi connectivity index (χ2n) is 5.80. The number of nitrogens with zero attached hydrogens (tertiary/aromatic N) is 2. The molecular weight excluding hydrogens is 325 g/mol. The Kier molecular flexibility index (Phi) is 3.28. The third kappa shape index (κ3) is 2.39. The van der Waals surface area contributed by atoms with Crippen molar-refractivity contribution in [1.82, 2.24) is 7.96 Å². The van der Waals surface area contributed by atoms with Crippen molar-refractivity contribution in [1.29, 1.82) is 0 Å². The van der Waals surface area contributed by atoms with E-state index < -0.39 is 0 Å². The number of fused-ring (bicyclic) bond motifs is 1. The molecule has 1 aliphatic carbocycles. The quantitative estimate of drug-likeness (QED) is 0.742. The van der Waals surface area contributed by atoms with Crippen molar-refractivity contribution in [3.63, 3.8) is 0 Å². The van der Waals surface area contributed by atoms with Crippen LogP contribution in [0.25, 0.3) is 11.0 Å². The number of hydrogen-bond donors (Lipinski definition) is 1. The molecule has 1 aromatic heterocycles. The Labute approximate surface area is 130 Å². The summed E-state index contributed by atoms with van der Waals surface area (Å²) < 4.78 is 8.98. The van der Waals surface area contributed by atoms with Crippen molar-refractivity contribution in [2.45, 2.75) is 31.7 Å². The maximum atomic E-state index is 4.54. The van der Waals surface area contributed by atoms with E-state index in [0.717, 1.165) is 16.7 Å². The van der Waals surface area contributed by atoms with Crippen LogP contribution in [0.4, 0.5) is 5.69 Å². The molecule has 0 amide bonds. The zero-order valence-corrected chi connectivity index (χ0v) is 13.6. The molecule has 0 spiro atoms. The van der Waals surface area contributed by atoms with Crippen LogP contribution >= 0.6 is 0 Å². The summed E-state index contributed by atoms with van der Waals surface area (Å²) in [7, 11) is 0. The number of nitrogens with one attached hydrogen (secondary N) is 1. The van der Waals surface area contributed by atoms with Gasteiger partial charge in [-0.2, -0.15) is 0 Å². The molecule has 0 aliphatic heterocycles. The molecule has 106 valence electrons. The van der Waals surface area contributed by atoms with Crippen LogP contribution in [0.3, 0.4) is 0 Å². The van der Waals surface area contributed by atoms with Crippen LogP contribution in [0.5, 0.6) is 0 Å². The fourth-order valence-corrected chi connectivity index (χ4v) is 4.33. The van der Waals surface area contributed by atoms with Gasteiger partial charge in [-0.25, -0.2) is 0 Å². The first-order valence-corrected chi connectivity index (χ1v) is 8.88. The molecule has 1 heterocycles. The van der Waals surface area contributed by atoms with Gasteiger partial charge in [-0.15, -0.1) is 0 Å². The van der Waals surface area contributed by atoms with Crippen LogP contribution in [0, 0.1) is 6.92 Å². The predicted molar refractivity (Wildman–Crippen MR) is 87.0 cm³/mol. The molecule has 4 heteroatoms. The second kappa shape index (κ2) is 5.28. The van der Waals surface area contributed by atoms with Crippen LogP contribution in [-0.4, -0.2) is 29.0 Å². The second-order valence-corrected chi connectivity index (χ2v) is 6.91. The number of aromatic nitrogens is 2. The first kappa shape index (κ1) is 13.1. The van der Waals surface area contributed by atoms with Crippen LogP contribution in [0.2, 0.25) is 0 Å². The summed E-state index contributed by atoms with van der Waals surface area (Å²) in [6.07, 6.45) is 2.41. The van der Waals surface area contributed by atoms with Gasteiger partial charge in [0.15, 0.2) is 0 Å². The normalized spacial score (nSPS) is 21.2. The van der Waals surface area contributed by atoms with Crippen molar-refractivity contribution in [2.24, 2.45) is 0 Å². The molecule has 3 aromatic rings. The van der Waals surface area contributed by atoms with E-state index in [2.05, 4.69) is 62.7 Å². The van der Waals surface area contributed by atoms with Gasteiger partial charge in [0.2, 0.25) is 0 Å². The van der Waals surface area contributed by atoms with Gasteiger partial charge in [0.05, 0.1) is 0 Å². The third-order valence-corrected chi connectivity index (χ3v) is 5.55. The number of rotatable bonds is 3. The van der Waals surface area contributed by atoms with Crippen molar-refractivity contribution in [3.05, 3.63) is 53.6 Å². The van der Waals surface area contributed by atoms with Gasteiger partial charge in [-0.1, -0.05) is 0 Å². The van der Waals surface area contributed by atoms with Crippen LogP contribution in [0.1, 0.15) is 29.9 Å². The third-order valence-electron chi connectivity index (χ3n) is 4.41. The molecule has 2 aromatic carbocycles. The van der Waals surface area contributed by atoms with Gasteiger partial charge >= 0.3 is 130 Å². The van der Waals surface area contributed by atoms with E-state index >= 15 is 0 Å². The van der Waals surface area contributed by atoms with Crippen LogP contribution in [-0.2, 0) is 0 Å². The van der Waals surface area contributed by atoms with Crippen LogP contribution in [0.15, 0.2) is 42.5 Å². The van der Waals surface area contributed by atoms with Gasteiger partial charge in [0, 0.05) is 0 Å². The molecule has 0 saturated heterocycles. The summed E-state index contributed by atoms with van der Waals surface area (Å²) in [5, 5.41) is 3.65. The number of aryl methyl sites for hydroxylation is 1. The van der Waals surface area contributed by atoms with Gasteiger partial charge in [-0.05, 0) is 0 Å². The van der Waals surface area contributed by atoms with E-state index in [0.29, 0.717) is 12.0 Å². The molecule has 1 fully saturated rings. The zero-order valence-electron chi connectivity index (χ0n) is 11.9. The first-order valence-electron chi connectivity index (χ1n) is 7.34. The summed E-state index contributed by atoms with van der Waals surface area (Å²) in [6.45, 7) is 2.21. The summed E-state index contributed by atoms with van der Waals surface area (Å²) in [5.41, 5.74) is 6.20. The average Bonchev–Trinajstić information content (AvgIpc) is 2.93. The van der Waals surface area contributed by atoms with Gasteiger partial charge in [-0.3, -0.25) is 0 Å². The molecule has 1 saturated carbocycles. The molecule has 1 aliphatic rings. The van der Waals surface area contributed by atoms with E-state index in [1.807, 2.05) is 0 Å². The molecule has 0 radical (unpaired) electrons. The molecule has 0 bridgehead atoms. The van der Waals surface area contributed by atoms with Crippen molar-refractivity contribution >= 4 is 31.7 Å². The van der Waals surface area contributed by atoms with Crippen molar-refractivity contribution in [2.75, 3.05) is 5.32 Å². The Morgan fingerprint density at radius 1 is 1.05 bits per heavy atom. The molecule has 0 unspecified atom stereocenters. The van der Waals surface area contributed by atoms with E-state index in [-0.39, 0.29) is 15.0 Å². The molecule has 21 heavy (non-hydrogen) atoms. The van der Waals surface area contributed by atoms with Gasteiger partial charge in [0.25, 0.3) is 0 Å². The van der Waals surface area contributed by atoms with Crippen molar-refractivity contribution in [3.8, 4) is 0 Å². The summed E-state index contributed by atoms with van der Waals surface area (Å²) in [6, 6.07) is 15.6. The maximum absolute atomic E-state index is 4.54. The Bertz CT molecular complexity index is 774. The monoisotopic (exact) mass is 343 g/mol. The topological polar surface area (TPSA) is 37.8 Å². The van der Waals surface area contributed by atoms with E-state index in [1.54, 1.807) is 0 Å². The number of hydrogen-bond acceptors (Lipinski definition) is 3.